The zero-order chi connectivity index (χ0) is 19.0. The molecule has 0 aromatic heterocycles. The van der Waals surface area contributed by atoms with Crippen LogP contribution in [0.15, 0.2) is 42.5 Å². The fourth-order valence-electron chi connectivity index (χ4n) is 4.10. The zero-order valence-corrected chi connectivity index (χ0v) is 15.9. The van der Waals surface area contributed by atoms with Crippen molar-refractivity contribution in [2.24, 2.45) is 0 Å². The maximum Gasteiger partial charge on any atom is 0.257 e. The molecular weight excluding hydrogens is 338 g/mol. The van der Waals surface area contributed by atoms with Crippen LogP contribution in [0.25, 0.3) is 0 Å². The number of carbonyl (C=O) groups excluding carboxylic acids is 2. The Kier molecular flexibility index (Phi) is 4.60. The van der Waals surface area contributed by atoms with E-state index in [-0.39, 0.29) is 18.0 Å². The van der Waals surface area contributed by atoms with Crippen LogP contribution >= 0.6 is 0 Å². The lowest BCUT2D eigenvalue weighted by Gasteiger charge is -2.47. The number of rotatable bonds is 3. The minimum absolute atomic E-state index is 0.0879. The van der Waals surface area contributed by atoms with E-state index in [2.05, 4.69) is 17.1 Å². The van der Waals surface area contributed by atoms with Gasteiger partial charge in [-0.2, -0.15) is 0 Å². The molecule has 0 spiro atoms. The smallest absolute Gasteiger partial charge is 0.257 e. The number of nitrogens with one attached hydrogen (secondary N) is 1. The van der Waals surface area contributed by atoms with Crippen molar-refractivity contribution in [1.82, 2.24) is 4.90 Å². The molecule has 1 unspecified atom stereocenters. The third-order valence-corrected chi connectivity index (χ3v) is 5.54. The molecule has 2 aromatic rings. The second kappa shape index (κ2) is 7.06. The maximum absolute atomic E-state index is 12.9. The van der Waals surface area contributed by atoms with Gasteiger partial charge in [0.1, 0.15) is 6.17 Å². The molecule has 5 nitrogen and oxygen atoms in total. The van der Waals surface area contributed by atoms with Gasteiger partial charge in [0.15, 0.2) is 0 Å². The van der Waals surface area contributed by atoms with Crippen LogP contribution in [0.3, 0.4) is 0 Å². The van der Waals surface area contributed by atoms with E-state index in [1.807, 2.05) is 42.2 Å². The van der Waals surface area contributed by atoms with E-state index < -0.39 is 0 Å². The van der Waals surface area contributed by atoms with Gasteiger partial charge >= 0.3 is 0 Å². The van der Waals surface area contributed by atoms with Crippen LogP contribution in [0, 0.1) is 6.92 Å². The van der Waals surface area contributed by atoms with Crippen molar-refractivity contribution in [3.8, 4) is 0 Å². The quantitative estimate of drug-likeness (QED) is 0.895. The molecule has 2 heterocycles. The van der Waals surface area contributed by atoms with Crippen LogP contribution in [-0.4, -0.2) is 36.0 Å². The van der Waals surface area contributed by atoms with Crippen LogP contribution in [0.1, 0.15) is 52.5 Å². The summed E-state index contributed by atoms with van der Waals surface area (Å²) in [6.07, 6.45) is 3.29. The van der Waals surface area contributed by atoms with E-state index in [4.69, 9.17) is 0 Å². The third-order valence-electron chi connectivity index (χ3n) is 5.54. The second-order valence-corrected chi connectivity index (χ2v) is 7.31. The Morgan fingerprint density at radius 1 is 1.15 bits per heavy atom. The minimum Gasteiger partial charge on any atom is -0.351 e. The van der Waals surface area contributed by atoms with Crippen molar-refractivity contribution >= 4 is 23.2 Å². The number of nitrogens with zero attached hydrogens (tertiary/aromatic N) is 2. The van der Waals surface area contributed by atoms with Crippen molar-refractivity contribution in [2.45, 2.75) is 39.3 Å². The molecule has 1 saturated heterocycles. The van der Waals surface area contributed by atoms with Crippen LogP contribution in [-0.2, 0) is 0 Å². The normalized spacial score (nSPS) is 18.7. The van der Waals surface area contributed by atoms with Gasteiger partial charge in [-0.05, 0) is 63.4 Å². The Bertz CT molecular complexity index is 876. The van der Waals surface area contributed by atoms with Gasteiger partial charge in [0, 0.05) is 24.3 Å². The Hall–Kier alpha value is -2.82. The first kappa shape index (κ1) is 17.6. The number of amides is 2. The average molecular weight is 363 g/mol. The molecule has 1 N–H and O–H groups in total. The van der Waals surface area contributed by atoms with Gasteiger partial charge in [-0.25, -0.2) is 0 Å². The Morgan fingerprint density at radius 2 is 1.93 bits per heavy atom. The molecule has 0 saturated carbocycles. The van der Waals surface area contributed by atoms with Gasteiger partial charge in [-0.3, -0.25) is 9.59 Å². The molecule has 1 fully saturated rings. The minimum atomic E-state index is -0.156. The van der Waals surface area contributed by atoms with E-state index in [1.54, 1.807) is 12.1 Å². The van der Waals surface area contributed by atoms with Gasteiger partial charge in [-0.15, -0.1) is 0 Å². The van der Waals surface area contributed by atoms with Gasteiger partial charge < -0.3 is 15.1 Å². The van der Waals surface area contributed by atoms with Crippen molar-refractivity contribution in [2.75, 3.05) is 23.3 Å². The molecule has 2 aliphatic heterocycles. The van der Waals surface area contributed by atoms with Crippen LogP contribution in [0.5, 0.6) is 0 Å². The van der Waals surface area contributed by atoms with E-state index in [9.17, 15) is 9.59 Å². The standard InChI is InChI=1S/C22H25N3O2/c1-3-24-19-14-16(21(26)23-17-10-7-15(2)8-11-17)9-12-18(19)22(27)25-13-5-4-6-20(24)25/h7-12,14,20H,3-6,13H2,1-2H3,(H,23,26). The molecule has 2 amide bonds. The summed E-state index contributed by atoms with van der Waals surface area (Å²) in [5.41, 5.74) is 4.06. The molecule has 140 valence electrons. The van der Waals surface area contributed by atoms with E-state index >= 15 is 0 Å². The fourth-order valence-corrected chi connectivity index (χ4v) is 4.10. The Balaban J connectivity index is 1.65. The summed E-state index contributed by atoms with van der Waals surface area (Å²) < 4.78 is 0. The maximum atomic E-state index is 12.9. The third kappa shape index (κ3) is 3.18. The number of piperidine rings is 1. The molecule has 4 rings (SSSR count). The van der Waals surface area contributed by atoms with E-state index in [1.165, 1.54) is 0 Å². The lowest BCUT2D eigenvalue weighted by Crippen LogP contribution is -2.57. The monoisotopic (exact) mass is 363 g/mol. The molecule has 27 heavy (non-hydrogen) atoms. The predicted molar refractivity (Wildman–Crippen MR) is 107 cm³/mol. The number of hydrogen-bond donors (Lipinski definition) is 1. The number of fused-ring (bicyclic) bond motifs is 2. The number of aryl methyl sites for hydroxylation is 1. The number of anilines is 2. The summed E-state index contributed by atoms with van der Waals surface area (Å²) >= 11 is 0. The number of benzene rings is 2. The number of carbonyl (C=O) groups is 2. The van der Waals surface area contributed by atoms with Crippen molar-refractivity contribution in [3.05, 3.63) is 59.2 Å². The average Bonchev–Trinajstić information content (AvgIpc) is 2.70. The summed E-state index contributed by atoms with van der Waals surface area (Å²) in [7, 11) is 0. The van der Waals surface area contributed by atoms with Crippen molar-refractivity contribution in [1.29, 1.82) is 0 Å². The van der Waals surface area contributed by atoms with Gasteiger partial charge in [-0.1, -0.05) is 17.7 Å². The SMILES string of the molecule is CCN1c2cc(C(=O)Nc3ccc(C)cc3)ccc2C(=O)N2CCCCC21. The Labute approximate surface area is 160 Å². The highest BCUT2D eigenvalue weighted by Crippen LogP contribution is 2.35. The summed E-state index contributed by atoms with van der Waals surface area (Å²) in [6, 6.07) is 13.1. The molecule has 5 heteroatoms. The van der Waals surface area contributed by atoms with Crippen LogP contribution in [0.4, 0.5) is 11.4 Å². The molecule has 2 aromatic carbocycles. The van der Waals surface area contributed by atoms with Gasteiger partial charge in [0.2, 0.25) is 0 Å². The summed E-state index contributed by atoms with van der Waals surface area (Å²) in [6.45, 7) is 5.74. The van der Waals surface area contributed by atoms with Crippen molar-refractivity contribution in [3.63, 3.8) is 0 Å². The molecule has 2 aliphatic rings. The molecule has 0 aliphatic carbocycles. The van der Waals surface area contributed by atoms with Gasteiger partial charge in [0.25, 0.3) is 11.8 Å². The highest BCUT2D eigenvalue weighted by molar-refractivity contribution is 6.08. The highest BCUT2D eigenvalue weighted by atomic mass is 16.2. The molecular formula is C22H25N3O2. The zero-order valence-electron chi connectivity index (χ0n) is 15.9. The van der Waals surface area contributed by atoms with Crippen LogP contribution in [0.2, 0.25) is 0 Å². The fraction of sp³-hybridized carbons (Fsp3) is 0.364. The lowest BCUT2D eigenvalue weighted by atomic mass is 9.97. The second-order valence-electron chi connectivity index (χ2n) is 7.31. The number of hydrogen-bond acceptors (Lipinski definition) is 3. The largest absolute Gasteiger partial charge is 0.351 e. The first-order valence-corrected chi connectivity index (χ1v) is 9.68. The summed E-state index contributed by atoms with van der Waals surface area (Å²) in [4.78, 5) is 29.9. The highest BCUT2D eigenvalue weighted by Gasteiger charge is 2.38. The molecule has 0 bridgehead atoms. The molecule has 0 radical (unpaired) electrons. The summed E-state index contributed by atoms with van der Waals surface area (Å²) in [5, 5.41) is 2.94. The lowest BCUT2D eigenvalue weighted by molar-refractivity contribution is 0.0582. The predicted octanol–water partition coefficient (Wildman–Crippen LogP) is 4.04. The van der Waals surface area contributed by atoms with E-state index in [0.717, 1.165) is 49.3 Å². The van der Waals surface area contributed by atoms with E-state index in [0.29, 0.717) is 11.1 Å². The topological polar surface area (TPSA) is 52.7 Å². The first-order chi connectivity index (χ1) is 13.1. The first-order valence-electron chi connectivity index (χ1n) is 9.68. The van der Waals surface area contributed by atoms with Crippen molar-refractivity contribution < 1.29 is 9.59 Å². The summed E-state index contributed by atoms with van der Waals surface area (Å²) in [5.74, 6) is -0.0684. The van der Waals surface area contributed by atoms with Gasteiger partial charge in [0.05, 0.1) is 11.3 Å². The molecule has 1 atom stereocenters. The van der Waals surface area contributed by atoms with Crippen LogP contribution < -0.4 is 10.2 Å². The Morgan fingerprint density at radius 3 is 2.67 bits per heavy atom.